The largest absolute Gasteiger partial charge is 0.491 e. The predicted octanol–water partition coefficient (Wildman–Crippen LogP) is 6.45. The highest BCUT2D eigenvalue weighted by Gasteiger charge is 2.20. The van der Waals surface area contributed by atoms with Crippen molar-refractivity contribution < 1.29 is 9.53 Å². The van der Waals surface area contributed by atoms with Crippen molar-refractivity contribution in [3.63, 3.8) is 0 Å². The molecule has 7 heteroatoms. The summed E-state index contributed by atoms with van der Waals surface area (Å²) in [6, 6.07) is 26.8. The van der Waals surface area contributed by atoms with E-state index < -0.39 is 0 Å². The molecule has 0 saturated heterocycles. The van der Waals surface area contributed by atoms with E-state index in [0.29, 0.717) is 37.1 Å². The maximum Gasteiger partial charge on any atom is 0.257 e. The van der Waals surface area contributed by atoms with Crippen LogP contribution < -0.4 is 10.1 Å². The van der Waals surface area contributed by atoms with E-state index in [1.54, 1.807) is 12.4 Å². The number of anilines is 2. The van der Waals surface area contributed by atoms with Gasteiger partial charge in [0.2, 0.25) is 5.95 Å². The Bertz CT molecular complexity index is 1400. The van der Waals surface area contributed by atoms with Crippen molar-refractivity contribution in [2.24, 2.45) is 0 Å². The Hall–Kier alpha value is -4.23. The van der Waals surface area contributed by atoms with Gasteiger partial charge in [0.1, 0.15) is 12.4 Å². The molecule has 1 atom stereocenters. The molecule has 3 aromatic carbocycles. The van der Waals surface area contributed by atoms with Crippen molar-refractivity contribution in [3.8, 4) is 5.75 Å². The van der Waals surface area contributed by atoms with E-state index in [-0.39, 0.29) is 5.91 Å². The third kappa shape index (κ3) is 7.92. The highest BCUT2D eigenvalue weighted by Crippen LogP contribution is 2.27. The molecule has 0 saturated carbocycles. The summed E-state index contributed by atoms with van der Waals surface area (Å²) in [6.45, 7) is 5.47. The van der Waals surface area contributed by atoms with Gasteiger partial charge in [-0.1, -0.05) is 66.2 Å². The molecular formula is C34H39N5O2. The first-order valence-electron chi connectivity index (χ1n) is 14.4. The van der Waals surface area contributed by atoms with E-state index in [0.717, 1.165) is 43.8 Å². The number of carbonyl (C=O) groups excluding carboxylic acids is 1. The van der Waals surface area contributed by atoms with Crippen molar-refractivity contribution in [1.82, 2.24) is 19.8 Å². The van der Waals surface area contributed by atoms with E-state index in [4.69, 9.17) is 4.74 Å². The third-order valence-corrected chi connectivity index (χ3v) is 7.60. The molecule has 7 nitrogen and oxygen atoms in total. The van der Waals surface area contributed by atoms with Crippen LogP contribution in [0.3, 0.4) is 0 Å². The molecule has 5 rings (SSSR count). The smallest absolute Gasteiger partial charge is 0.257 e. The van der Waals surface area contributed by atoms with E-state index >= 15 is 0 Å². The van der Waals surface area contributed by atoms with Gasteiger partial charge in [-0.2, -0.15) is 0 Å². The molecule has 0 radical (unpaired) electrons. The molecule has 4 aromatic rings. The fraction of sp³-hybridized carbons (Fsp3) is 0.324. The number of para-hydroxylation sites is 1. The zero-order valence-electron chi connectivity index (χ0n) is 24.0. The number of nitrogens with zero attached hydrogens (tertiary/aromatic N) is 4. The minimum atomic E-state index is -0.0768. The number of carbonyl (C=O) groups is 1. The first-order valence-corrected chi connectivity index (χ1v) is 14.4. The number of hydrogen-bond acceptors (Lipinski definition) is 6. The van der Waals surface area contributed by atoms with E-state index in [1.165, 1.54) is 16.7 Å². The molecule has 2 heterocycles. The van der Waals surface area contributed by atoms with Crippen LogP contribution in [0.5, 0.6) is 5.75 Å². The lowest BCUT2D eigenvalue weighted by Gasteiger charge is -2.27. The fourth-order valence-electron chi connectivity index (χ4n) is 5.37. The first-order chi connectivity index (χ1) is 20.0. The highest BCUT2D eigenvalue weighted by atomic mass is 16.5. The monoisotopic (exact) mass is 549 g/mol. The summed E-state index contributed by atoms with van der Waals surface area (Å²) in [6.07, 6.45) is 6.18. The minimum absolute atomic E-state index is 0.0768. The van der Waals surface area contributed by atoms with E-state index in [1.807, 2.05) is 35.2 Å². The lowest BCUT2D eigenvalue weighted by molar-refractivity contribution is 0.0723. The molecule has 1 N–H and O–H groups in total. The quantitative estimate of drug-likeness (QED) is 0.316. The molecule has 1 aliphatic heterocycles. The molecule has 212 valence electrons. The average Bonchev–Trinajstić information content (AvgIpc) is 2.99. The van der Waals surface area contributed by atoms with Crippen LogP contribution >= 0.6 is 0 Å². The fourth-order valence-corrected chi connectivity index (χ4v) is 5.37. The Morgan fingerprint density at radius 1 is 0.902 bits per heavy atom. The molecule has 1 aromatic heterocycles. The lowest BCUT2D eigenvalue weighted by atomic mass is 9.91. The van der Waals surface area contributed by atoms with Gasteiger partial charge in [0.15, 0.2) is 0 Å². The average molecular weight is 550 g/mol. The second-order valence-electron chi connectivity index (χ2n) is 10.8. The number of fused-ring (bicyclic) bond motifs is 1. The van der Waals surface area contributed by atoms with Gasteiger partial charge in [0, 0.05) is 36.7 Å². The minimum Gasteiger partial charge on any atom is -0.491 e. The molecule has 0 fully saturated rings. The normalized spacial score (nSPS) is 17.1. The Morgan fingerprint density at radius 3 is 2.39 bits per heavy atom. The van der Waals surface area contributed by atoms with Gasteiger partial charge in [-0.05, 0) is 69.5 Å². The van der Waals surface area contributed by atoms with Crippen LogP contribution in [0.15, 0.2) is 91.3 Å². The zero-order valence-corrected chi connectivity index (χ0v) is 24.0. The number of aromatic nitrogens is 2. The third-order valence-electron chi connectivity index (χ3n) is 7.60. The van der Waals surface area contributed by atoms with Crippen molar-refractivity contribution >= 4 is 17.5 Å². The Balaban J connectivity index is 1.34. The summed E-state index contributed by atoms with van der Waals surface area (Å²) >= 11 is 0. The molecule has 0 spiro atoms. The van der Waals surface area contributed by atoms with Gasteiger partial charge >= 0.3 is 0 Å². The molecule has 1 unspecified atom stereocenters. The van der Waals surface area contributed by atoms with E-state index in [2.05, 4.69) is 82.7 Å². The van der Waals surface area contributed by atoms with Gasteiger partial charge in [0.05, 0.1) is 12.1 Å². The molecule has 1 aliphatic rings. The number of ether oxygens (including phenoxy) is 1. The summed E-state index contributed by atoms with van der Waals surface area (Å²) in [5.74, 6) is 1.69. The SMILES string of the molecule is Cc1ccc2c(c1)CN(C)CCC(c1ccccc1)CCCN(C(=O)c1cnc(Nc3ccccc3)nc1)CCO2. The molecule has 41 heavy (non-hydrogen) atoms. The van der Waals surface area contributed by atoms with Crippen LogP contribution in [-0.4, -0.2) is 59.0 Å². The summed E-state index contributed by atoms with van der Waals surface area (Å²) in [5, 5.41) is 3.17. The summed E-state index contributed by atoms with van der Waals surface area (Å²) in [4.78, 5) is 26.7. The van der Waals surface area contributed by atoms with Crippen molar-refractivity contribution in [2.45, 2.75) is 38.6 Å². The maximum absolute atomic E-state index is 13.7. The Labute approximate surface area is 243 Å². The van der Waals surface area contributed by atoms with Gasteiger partial charge in [-0.25, -0.2) is 9.97 Å². The molecular weight excluding hydrogens is 510 g/mol. The van der Waals surface area contributed by atoms with Crippen LogP contribution in [0, 0.1) is 6.92 Å². The summed E-state index contributed by atoms with van der Waals surface area (Å²) in [5.41, 5.74) is 5.12. The lowest BCUT2D eigenvalue weighted by Crippen LogP contribution is -2.36. The van der Waals surface area contributed by atoms with Crippen LogP contribution in [0.2, 0.25) is 0 Å². The van der Waals surface area contributed by atoms with E-state index in [9.17, 15) is 4.79 Å². The van der Waals surface area contributed by atoms with Gasteiger partial charge < -0.3 is 19.9 Å². The van der Waals surface area contributed by atoms with Gasteiger partial charge in [-0.3, -0.25) is 4.79 Å². The molecule has 0 bridgehead atoms. The number of benzene rings is 3. The highest BCUT2D eigenvalue weighted by molar-refractivity contribution is 5.93. The van der Waals surface area contributed by atoms with Crippen LogP contribution in [0.1, 0.15) is 52.2 Å². The number of hydrogen-bond donors (Lipinski definition) is 1. The predicted molar refractivity (Wildman–Crippen MR) is 164 cm³/mol. The van der Waals surface area contributed by atoms with Crippen molar-refractivity contribution in [2.75, 3.05) is 38.6 Å². The second-order valence-corrected chi connectivity index (χ2v) is 10.8. The van der Waals surface area contributed by atoms with Gasteiger partial charge in [-0.15, -0.1) is 0 Å². The number of amides is 1. The van der Waals surface area contributed by atoms with Crippen LogP contribution in [0.4, 0.5) is 11.6 Å². The van der Waals surface area contributed by atoms with Crippen molar-refractivity contribution in [1.29, 1.82) is 0 Å². The molecule has 1 amide bonds. The topological polar surface area (TPSA) is 70.6 Å². The van der Waals surface area contributed by atoms with Crippen molar-refractivity contribution in [3.05, 3.63) is 114 Å². The summed E-state index contributed by atoms with van der Waals surface area (Å²) < 4.78 is 6.27. The maximum atomic E-state index is 13.7. The number of rotatable bonds is 4. The zero-order chi connectivity index (χ0) is 28.4. The Morgan fingerprint density at radius 2 is 1.63 bits per heavy atom. The summed E-state index contributed by atoms with van der Waals surface area (Å²) in [7, 11) is 2.18. The standard InChI is InChI=1S/C34H39N5O2/c1-26-15-16-32-29(22-26)25-38(2)19-17-28(27-10-5-3-6-11-27)12-9-18-39(20-21-41-32)33(40)30-23-35-34(36-24-30)37-31-13-7-4-8-14-31/h3-8,10-11,13-16,22-24,28H,9,12,17-21,25H2,1-2H3,(H,35,36,37). The number of aryl methyl sites for hydroxylation is 1. The second kappa shape index (κ2) is 13.9. The van der Waals surface area contributed by atoms with Crippen LogP contribution in [-0.2, 0) is 6.54 Å². The Kier molecular flexibility index (Phi) is 9.60. The number of nitrogens with one attached hydrogen (secondary N) is 1. The molecule has 0 aliphatic carbocycles. The van der Waals surface area contributed by atoms with Crippen LogP contribution in [0.25, 0.3) is 0 Å². The van der Waals surface area contributed by atoms with Gasteiger partial charge in [0.25, 0.3) is 5.91 Å². The first kappa shape index (κ1) is 28.3.